The maximum absolute atomic E-state index is 11.8. The summed E-state index contributed by atoms with van der Waals surface area (Å²) in [5, 5.41) is 12.6. The number of hydrogen-bond donors (Lipinski definition) is 1. The fraction of sp³-hybridized carbons (Fsp3) is 0.100. The van der Waals surface area contributed by atoms with Gasteiger partial charge >= 0.3 is 5.82 Å². The van der Waals surface area contributed by atoms with Crippen LogP contribution in [0.25, 0.3) is 5.82 Å². The molecule has 2 N–H and O–H groups in total. The minimum atomic E-state index is 0.210. The molecule has 2 aromatic heterocycles. The number of hydrogen-bond acceptors (Lipinski definition) is 5. The van der Waals surface area contributed by atoms with E-state index in [1.165, 1.54) is 6.33 Å². The van der Waals surface area contributed by atoms with Crippen molar-refractivity contribution in [2.75, 3.05) is 10.8 Å². The molecule has 6 heteroatoms. The molecule has 1 aliphatic rings. The second-order valence-electron chi connectivity index (χ2n) is 3.53. The number of nitrogens with two attached hydrogens (primary N) is 1. The van der Waals surface area contributed by atoms with Crippen LogP contribution < -0.4 is 15.4 Å². The lowest BCUT2D eigenvalue weighted by Crippen LogP contribution is -2.44. The Morgan fingerprint density at radius 1 is 1.38 bits per heavy atom. The van der Waals surface area contributed by atoms with Crippen LogP contribution in [0.3, 0.4) is 0 Å². The number of fused-ring (bicyclic) bond motifs is 3. The van der Waals surface area contributed by atoms with Crippen LogP contribution in [0.5, 0.6) is 0 Å². The lowest BCUT2D eigenvalue weighted by molar-refractivity contribution is -0.609. The molecule has 0 unspecified atom stereocenters. The normalized spacial score (nSPS) is 13.2. The van der Waals surface area contributed by atoms with E-state index in [-0.39, 0.29) is 12.4 Å². The molecule has 0 fully saturated rings. The average molecular weight is 215 g/mol. The lowest BCUT2D eigenvalue weighted by Gasteiger charge is -2.33. The van der Waals surface area contributed by atoms with Gasteiger partial charge in [-0.15, -0.1) is 0 Å². The van der Waals surface area contributed by atoms with Crippen LogP contribution in [-0.4, -0.2) is 9.97 Å². The Balaban J connectivity index is 2.33. The first-order chi connectivity index (χ1) is 7.77. The van der Waals surface area contributed by atoms with Crippen molar-refractivity contribution in [3.05, 3.63) is 41.6 Å². The number of nitrogen functional groups attached to an aromatic ring is 1. The summed E-state index contributed by atoms with van der Waals surface area (Å²) in [6, 6.07) is 5.65. The maximum Gasteiger partial charge on any atom is 0.356 e. The standard InChI is InChI=1S/C10H9N5O/c11-9-8-10(13-6-12-9)14-4-2-1-3-7(14)5-15(8)16/h1-4,6H,5H2,(H2,11,12,13). The Morgan fingerprint density at radius 2 is 2.25 bits per heavy atom. The summed E-state index contributed by atoms with van der Waals surface area (Å²) in [5.41, 5.74) is 6.90. The molecule has 3 heterocycles. The summed E-state index contributed by atoms with van der Waals surface area (Å²) in [4.78, 5) is 7.93. The quantitative estimate of drug-likeness (QED) is 0.633. The summed E-state index contributed by atoms with van der Waals surface area (Å²) < 4.78 is 1.85. The first-order valence-electron chi connectivity index (χ1n) is 4.82. The van der Waals surface area contributed by atoms with Crippen molar-refractivity contribution in [1.29, 1.82) is 0 Å². The van der Waals surface area contributed by atoms with Gasteiger partial charge < -0.3 is 16.0 Å². The van der Waals surface area contributed by atoms with Crippen LogP contribution in [0.15, 0.2) is 30.7 Å². The molecule has 0 bridgehead atoms. The molecular weight excluding hydrogens is 206 g/mol. The van der Waals surface area contributed by atoms with Gasteiger partial charge in [0.2, 0.25) is 6.33 Å². The van der Waals surface area contributed by atoms with Gasteiger partial charge in [0.1, 0.15) is 5.69 Å². The Hall–Kier alpha value is -2.21. The Bertz CT molecular complexity index is 557. The molecule has 0 aliphatic carbocycles. The zero-order valence-corrected chi connectivity index (χ0v) is 8.37. The van der Waals surface area contributed by atoms with E-state index >= 15 is 0 Å². The summed E-state index contributed by atoms with van der Waals surface area (Å²) in [5.74, 6) is 0.742. The highest BCUT2D eigenvalue weighted by Gasteiger charge is 2.27. The maximum atomic E-state index is 11.8. The first-order valence-corrected chi connectivity index (χ1v) is 4.82. The summed E-state index contributed by atoms with van der Waals surface area (Å²) in [6.07, 6.45) is 3.21. The summed E-state index contributed by atoms with van der Waals surface area (Å²) >= 11 is 0. The number of aromatic nitrogens is 3. The van der Waals surface area contributed by atoms with Crippen LogP contribution in [-0.2, 0) is 6.54 Å². The molecule has 0 saturated carbocycles. The predicted octanol–water partition coefficient (Wildman–Crippen LogP) is 0.153. The lowest BCUT2D eigenvalue weighted by atomic mass is 10.2. The van der Waals surface area contributed by atoms with E-state index in [0.29, 0.717) is 11.5 Å². The molecular formula is C10H9N5O. The second-order valence-corrected chi connectivity index (χ2v) is 3.53. The third kappa shape index (κ3) is 1.13. The molecule has 3 rings (SSSR count). The molecule has 6 nitrogen and oxygen atoms in total. The van der Waals surface area contributed by atoms with Gasteiger partial charge in [-0.25, -0.2) is 0 Å². The zero-order chi connectivity index (χ0) is 11.1. The number of pyridine rings is 1. The van der Waals surface area contributed by atoms with Gasteiger partial charge in [-0.1, -0.05) is 6.07 Å². The van der Waals surface area contributed by atoms with Crippen LogP contribution in [0, 0.1) is 5.21 Å². The van der Waals surface area contributed by atoms with Gasteiger partial charge in [0.15, 0.2) is 11.5 Å². The van der Waals surface area contributed by atoms with Crippen molar-refractivity contribution in [3.63, 3.8) is 0 Å². The zero-order valence-electron chi connectivity index (χ0n) is 8.37. The predicted molar refractivity (Wildman–Crippen MR) is 57.5 cm³/mol. The third-order valence-corrected chi connectivity index (χ3v) is 2.56. The van der Waals surface area contributed by atoms with Crippen molar-refractivity contribution in [2.24, 2.45) is 0 Å². The molecule has 0 radical (unpaired) electrons. The number of hydroxylamine groups is 1. The van der Waals surface area contributed by atoms with E-state index in [0.717, 1.165) is 10.8 Å². The minimum Gasteiger partial charge on any atom is -0.758 e. The molecule has 2 aromatic rings. The molecule has 1 aliphatic heterocycles. The molecule has 0 spiro atoms. The summed E-state index contributed by atoms with van der Waals surface area (Å²) in [7, 11) is 0. The van der Waals surface area contributed by atoms with Crippen molar-refractivity contribution < 1.29 is 4.57 Å². The smallest absolute Gasteiger partial charge is 0.356 e. The van der Waals surface area contributed by atoms with E-state index in [1.54, 1.807) is 0 Å². The first kappa shape index (κ1) is 9.05. The Labute approximate surface area is 91.6 Å². The van der Waals surface area contributed by atoms with Crippen LogP contribution in [0.2, 0.25) is 0 Å². The van der Waals surface area contributed by atoms with Gasteiger partial charge in [0, 0.05) is 0 Å². The van der Waals surface area contributed by atoms with Gasteiger partial charge in [0.05, 0.1) is 12.7 Å². The SMILES string of the molecule is Nc1ncnc2c1N([O-])Cc1cccc[n+]1-2. The number of anilines is 2. The topological polar surface area (TPSA) is 82.0 Å². The van der Waals surface area contributed by atoms with Crippen molar-refractivity contribution in [2.45, 2.75) is 6.54 Å². The highest BCUT2D eigenvalue weighted by atomic mass is 16.5. The average Bonchev–Trinajstić information content (AvgIpc) is 2.29. The van der Waals surface area contributed by atoms with E-state index in [4.69, 9.17) is 5.73 Å². The molecule has 0 amide bonds. The van der Waals surface area contributed by atoms with E-state index in [9.17, 15) is 5.21 Å². The van der Waals surface area contributed by atoms with Gasteiger partial charge in [-0.3, -0.25) is 0 Å². The minimum absolute atomic E-state index is 0.210. The van der Waals surface area contributed by atoms with Gasteiger partial charge in [-0.05, 0) is 17.1 Å². The van der Waals surface area contributed by atoms with Crippen molar-refractivity contribution in [3.8, 4) is 5.82 Å². The molecule has 80 valence electrons. The molecule has 0 aromatic carbocycles. The summed E-state index contributed by atoms with van der Waals surface area (Å²) in [6.45, 7) is 0.255. The van der Waals surface area contributed by atoms with Gasteiger partial charge in [-0.2, -0.15) is 9.55 Å². The van der Waals surface area contributed by atoms with E-state index in [1.807, 2.05) is 29.0 Å². The molecule has 16 heavy (non-hydrogen) atoms. The largest absolute Gasteiger partial charge is 0.758 e. The fourth-order valence-corrected chi connectivity index (χ4v) is 1.84. The highest BCUT2D eigenvalue weighted by molar-refractivity contribution is 5.70. The van der Waals surface area contributed by atoms with E-state index in [2.05, 4.69) is 9.97 Å². The monoisotopic (exact) mass is 215 g/mol. The van der Waals surface area contributed by atoms with E-state index < -0.39 is 0 Å². The molecule has 0 saturated heterocycles. The molecule has 0 atom stereocenters. The second kappa shape index (κ2) is 3.14. The Kier molecular flexibility index (Phi) is 1.78. The van der Waals surface area contributed by atoms with Crippen molar-refractivity contribution >= 4 is 11.5 Å². The number of nitrogens with zero attached hydrogens (tertiary/aromatic N) is 4. The fourth-order valence-electron chi connectivity index (χ4n) is 1.84. The third-order valence-electron chi connectivity index (χ3n) is 2.56. The van der Waals surface area contributed by atoms with Crippen molar-refractivity contribution in [1.82, 2.24) is 9.97 Å². The highest BCUT2D eigenvalue weighted by Crippen LogP contribution is 2.28. The van der Waals surface area contributed by atoms with Crippen LogP contribution >= 0.6 is 0 Å². The Morgan fingerprint density at radius 3 is 3.12 bits per heavy atom. The van der Waals surface area contributed by atoms with Gasteiger partial charge in [0.25, 0.3) is 0 Å². The number of rotatable bonds is 0. The van der Waals surface area contributed by atoms with Crippen LogP contribution in [0.1, 0.15) is 5.69 Å². The van der Waals surface area contributed by atoms with Crippen LogP contribution in [0.4, 0.5) is 11.5 Å².